The van der Waals surface area contributed by atoms with Gasteiger partial charge in [0.25, 0.3) is 0 Å². The molecule has 1 aliphatic carbocycles. The zero-order valence-electron chi connectivity index (χ0n) is 11.3. The maximum absolute atomic E-state index is 11.7. The molecule has 1 atom stereocenters. The average molecular weight is 257 g/mol. The lowest BCUT2D eigenvalue weighted by Gasteiger charge is -2.34. The van der Waals surface area contributed by atoms with Crippen LogP contribution in [0.25, 0.3) is 0 Å². The van der Waals surface area contributed by atoms with Crippen LogP contribution in [0, 0.1) is 11.8 Å². The first-order valence-electron chi connectivity index (χ1n) is 6.57. The summed E-state index contributed by atoms with van der Waals surface area (Å²) in [6.07, 6.45) is 2.50. The number of carboxylic acids is 1. The maximum Gasteiger partial charge on any atom is 0.326 e. The number of hydrogen-bond donors (Lipinski definition) is 2. The summed E-state index contributed by atoms with van der Waals surface area (Å²) in [5.41, 5.74) is 0. The van der Waals surface area contributed by atoms with Gasteiger partial charge in [0.05, 0.1) is 6.10 Å². The van der Waals surface area contributed by atoms with Gasteiger partial charge in [0.15, 0.2) is 0 Å². The lowest BCUT2D eigenvalue weighted by molar-refractivity contribution is -0.143. The monoisotopic (exact) mass is 257 g/mol. The molecule has 0 aliphatic heterocycles. The highest BCUT2D eigenvalue weighted by Crippen LogP contribution is 2.32. The Morgan fingerprint density at radius 3 is 2.44 bits per heavy atom. The van der Waals surface area contributed by atoms with E-state index in [1.807, 2.05) is 6.92 Å². The first-order valence-corrected chi connectivity index (χ1v) is 6.57. The molecule has 0 unspecified atom stereocenters. The van der Waals surface area contributed by atoms with Crippen molar-refractivity contribution in [2.75, 3.05) is 6.61 Å². The summed E-state index contributed by atoms with van der Waals surface area (Å²) >= 11 is 0. The van der Waals surface area contributed by atoms with Gasteiger partial charge < -0.3 is 15.2 Å². The third-order valence-electron chi connectivity index (χ3n) is 3.32. The van der Waals surface area contributed by atoms with Gasteiger partial charge in [-0.25, -0.2) is 4.79 Å². The summed E-state index contributed by atoms with van der Waals surface area (Å²) < 4.78 is 5.42. The van der Waals surface area contributed by atoms with Crippen LogP contribution in [0.1, 0.15) is 40.0 Å². The van der Waals surface area contributed by atoms with Gasteiger partial charge in [-0.1, -0.05) is 13.8 Å². The Balaban J connectivity index is 2.28. The molecule has 104 valence electrons. The van der Waals surface area contributed by atoms with Crippen LogP contribution in [-0.4, -0.2) is 35.7 Å². The van der Waals surface area contributed by atoms with E-state index in [1.54, 1.807) is 13.8 Å². The highest BCUT2D eigenvalue weighted by atomic mass is 16.5. The molecule has 1 rings (SSSR count). The normalized spacial score (nSPS) is 24.4. The highest BCUT2D eigenvalue weighted by Gasteiger charge is 2.32. The summed E-state index contributed by atoms with van der Waals surface area (Å²) in [5, 5.41) is 11.6. The van der Waals surface area contributed by atoms with Gasteiger partial charge in [0, 0.05) is 13.0 Å². The number of hydrogen-bond acceptors (Lipinski definition) is 3. The zero-order valence-corrected chi connectivity index (χ0v) is 11.3. The minimum Gasteiger partial charge on any atom is -0.480 e. The first kappa shape index (κ1) is 15.0. The van der Waals surface area contributed by atoms with Crippen LogP contribution in [0.5, 0.6) is 0 Å². The van der Waals surface area contributed by atoms with E-state index >= 15 is 0 Å². The SMILES string of the molecule is CCOC1CC(CC(=O)N[C@@H](C(=O)O)C(C)C)C1. The first-order chi connectivity index (χ1) is 8.43. The van der Waals surface area contributed by atoms with E-state index in [2.05, 4.69) is 5.32 Å². The van der Waals surface area contributed by atoms with Gasteiger partial charge in [-0.15, -0.1) is 0 Å². The van der Waals surface area contributed by atoms with E-state index < -0.39 is 12.0 Å². The van der Waals surface area contributed by atoms with Gasteiger partial charge in [0.1, 0.15) is 6.04 Å². The highest BCUT2D eigenvalue weighted by molar-refractivity contribution is 5.83. The molecule has 2 N–H and O–H groups in total. The number of aliphatic carboxylic acids is 1. The van der Waals surface area contributed by atoms with Gasteiger partial charge >= 0.3 is 5.97 Å². The van der Waals surface area contributed by atoms with E-state index in [9.17, 15) is 9.59 Å². The topological polar surface area (TPSA) is 75.6 Å². The summed E-state index contributed by atoms with van der Waals surface area (Å²) in [4.78, 5) is 22.7. The Labute approximate surface area is 108 Å². The van der Waals surface area contributed by atoms with Crippen LogP contribution in [-0.2, 0) is 14.3 Å². The van der Waals surface area contributed by atoms with E-state index in [-0.39, 0.29) is 17.9 Å². The second kappa shape index (κ2) is 6.73. The van der Waals surface area contributed by atoms with Crippen molar-refractivity contribution in [2.24, 2.45) is 11.8 Å². The lowest BCUT2D eigenvalue weighted by atomic mass is 9.80. The van der Waals surface area contributed by atoms with Crippen LogP contribution in [0.15, 0.2) is 0 Å². The van der Waals surface area contributed by atoms with E-state index in [0.29, 0.717) is 18.9 Å². The van der Waals surface area contributed by atoms with Crippen LogP contribution in [0.3, 0.4) is 0 Å². The molecule has 0 saturated heterocycles. The summed E-state index contributed by atoms with van der Waals surface area (Å²) in [7, 11) is 0. The number of carboxylic acid groups (broad SMARTS) is 1. The molecule has 1 fully saturated rings. The lowest BCUT2D eigenvalue weighted by Crippen LogP contribution is -2.45. The Morgan fingerprint density at radius 1 is 1.39 bits per heavy atom. The summed E-state index contributed by atoms with van der Waals surface area (Å²) in [6.45, 7) is 6.24. The minimum atomic E-state index is -0.973. The number of carbonyl (C=O) groups excluding carboxylic acids is 1. The fraction of sp³-hybridized carbons (Fsp3) is 0.846. The molecule has 1 amide bonds. The standard InChI is InChI=1S/C13H23NO4/c1-4-18-10-5-9(6-10)7-11(15)14-12(8(2)3)13(16)17/h8-10,12H,4-7H2,1-3H3,(H,14,15)(H,16,17)/t9?,10?,12-/m1/s1. The molecule has 0 bridgehead atoms. The van der Waals surface area contributed by atoms with E-state index in [4.69, 9.17) is 9.84 Å². The van der Waals surface area contributed by atoms with Crippen molar-refractivity contribution in [3.63, 3.8) is 0 Å². The third kappa shape index (κ3) is 4.29. The smallest absolute Gasteiger partial charge is 0.326 e. The third-order valence-corrected chi connectivity index (χ3v) is 3.32. The summed E-state index contributed by atoms with van der Waals surface area (Å²) in [6, 6.07) is -0.791. The van der Waals surface area contributed by atoms with Gasteiger partial charge in [-0.05, 0) is 31.6 Å². The number of nitrogens with one attached hydrogen (secondary N) is 1. The summed E-state index contributed by atoms with van der Waals surface area (Å²) in [5.74, 6) is -0.914. The zero-order chi connectivity index (χ0) is 13.7. The van der Waals surface area contributed by atoms with Crippen molar-refractivity contribution in [3.8, 4) is 0 Å². The van der Waals surface area contributed by atoms with E-state index in [0.717, 1.165) is 12.8 Å². The molecular formula is C13H23NO4. The maximum atomic E-state index is 11.7. The minimum absolute atomic E-state index is 0.107. The van der Waals surface area contributed by atoms with Crippen molar-refractivity contribution in [1.29, 1.82) is 0 Å². The fourth-order valence-corrected chi connectivity index (χ4v) is 2.22. The van der Waals surface area contributed by atoms with Crippen LogP contribution in [0.2, 0.25) is 0 Å². The van der Waals surface area contributed by atoms with Crippen molar-refractivity contribution < 1.29 is 19.4 Å². The van der Waals surface area contributed by atoms with Crippen LogP contribution >= 0.6 is 0 Å². The molecule has 0 aromatic rings. The Morgan fingerprint density at radius 2 is 2.00 bits per heavy atom. The fourth-order valence-electron chi connectivity index (χ4n) is 2.22. The van der Waals surface area contributed by atoms with Crippen LogP contribution < -0.4 is 5.32 Å². The molecule has 0 heterocycles. The average Bonchev–Trinajstić information content (AvgIpc) is 2.22. The molecule has 0 spiro atoms. The van der Waals surface area contributed by atoms with Crippen molar-refractivity contribution >= 4 is 11.9 Å². The number of rotatable bonds is 7. The van der Waals surface area contributed by atoms with Crippen LogP contribution in [0.4, 0.5) is 0 Å². The molecule has 18 heavy (non-hydrogen) atoms. The Bertz CT molecular complexity index is 297. The molecule has 5 heteroatoms. The molecule has 1 aliphatic rings. The number of amides is 1. The molecule has 0 radical (unpaired) electrons. The van der Waals surface area contributed by atoms with E-state index in [1.165, 1.54) is 0 Å². The van der Waals surface area contributed by atoms with Crippen molar-refractivity contribution in [1.82, 2.24) is 5.32 Å². The second-order valence-electron chi connectivity index (χ2n) is 5.25. The predicted octanol–water partition coefficient (Wildman–Crippen LogP) is 1.42. The predicted molar refractivity (Wildman–Crippen MR) is 67.2 cm³/mol. The molecule has 5 nitrogen and oxygen atoms in total. The number of ether oxygens (including phenoxy) is 1. The molecule has 0 aromatic carbocycles. The molecular weight excluding hydrogens is 234 g/mol. The Kier molecular flexibility index (Phi) is 5.59. The Hall–Kier alpha value is -1.10. The van der Waals surface area contributed by atoms with Gasteiger partial charge in [0.2, 0.25) is 5.91 Å². The molecule has 1 saturated carbocycles. The van der Waals surface area contributed by atoms with Gasteiger partial charge in [-0.2, -0.15) is 0 Å². The number of carbonyl (C=O) groups is 2. The molecule has 0 aromatic heterocycles. The quantitative estimate of drug-likeness (QED) is 0.723. The second-order valence-corrected chi connectivity index (χ2v) is 5.25. The van der Waals surface area contributed by atoms with Crippen molar-refractivity contribution in [3.05, 3.63) is 0 Å². The van der Waals surface area contributed by atoms with Gasteiger partial charge in [-0.3, -0.25) is 4.79 Å². The largest absolute Gasteiger partial charge is 0.480 e. The van der Waals surface area contributed by atoms with Crippen molar-refractivity contribution in [2.45, 2.75) is 52.2 Å².